The number of rotatable bonds is 3. The van der Waals surface area contributed by atoms with Crippen molar-refractivity contribution in [1.82, 2.24) is 0 Å². The Hall–Kier alpha value is -1.55. The van der Waals surface area contributed by atoms with Crippen LogP contribution in [0.5, 0.6) is 5.75 Å². The lowest BCUT2D eigenvalue weighted by atomic mass is 10.2. The van der Waals surface area contributed by atoms with E-state index in [4.69, 9.17) is 9.84 Å². The Morgan fingerprint density at radius 3 is 2.86 bits per heavy atom. The van der Waals surface area contributed by atoms with Gasteiger partial charge in [0.15, 0.2) is 0 Å². The lowest BCUT2D eigenvalue weighted by molar-refractivity contribution is -0.118. The van der Waals surface area contributed by atoms with Crippen LogP contribution in [-0.4, -0.2) is 24.7 Å². The molecule has 4 heteroatoms. The summed E-state index contributed by atoms with van der Waals surface area (Å²) in [6, 6.07) is 5.43. The van der Waals surface area contributed by atoms with Gasteiger partial charge < -0.3 is 15.2 Å². The van der Waals surface area contributed by atoms with E-state index in [9.17, 15) is 4.79 Å². The van der Waals surface area contributed by atoms with E-state index in [0.717, 1.165) is 5.56 Å². The third kappa shape index (κ3) is 2.47. The van der Waals surface area contributed by atoms with Crippen LogP contribution in [0.2, 0.25) is 0 Å². The van der Waals surface area contributed by atoms with Crippen LogP contribution < -0.4 is 10.1 Å². The van der Waals surface area contributed by atoms with Crippen LogP contribution in [-0.2, 0) is 4.79 Å². The Morgan fingerprint density at radius 2 is 2.29 bits per heavy atom. The largest absolute Gasteiger partial charge is 0.495 e. The van der Waals surface area contributed by atoms with Gasteiger partial charge in [-0.25, -0.2) is 0 Å². The SMILES string of the molecule is COc1ccc(C)cc1NC(=O)CO. The number of amides is 1. The first kappa shape index (κ1) is 10.5. The summed E-state index contributed by atoms with van der Waals surface area (Å²) in [5, 5.41) is 11.1. The Bertz CT molecular complexity index is 336. The minimum atomic E-state index is -0.531. The second kappa shape index (κ2) is 4.62. The van der Waals surface area contributed by atoms with Gasteiger partial charge in [0.2, 0.25) is 5.91 Å². The van der Waals surface area contributed by atoms with Crippen molar-refractivity contribution in [2.45, 2.75) is 6.92 Å². The molecule has 1 amide bonds. The molecule has 0 aliphatic heterocycles. The van der Waals surface area contributed by atoms with E-state index in [1.807, 2.05) is 13.0 Å². The Morgan fingerprint density at radius 1 is 1.57 bits per heavy atom. The molecule has 0 fully saturated rings. The van der Waals surface area contributed by atoms with Crippen LogP contribution >= 0.6 is 0 Å². The van der Waals surface area contributed by atoms with Crippen molar-refractivity contribution in [3.63, 3.8) is 0 Å². The smallest absolute Gasteiger partial charge is 0.250 e. The van der Waals surface area contributed by atoms with Gasteiger partial charge in [-0.05, 0) is 24.6 Å². The zero-order valence-corrected chi connectivity index (χ0v) is 8.20. The molecule has 0 atom stereocenters. The van der Waals surface area contributed by atoms with Gasteiger partial charge >= 0.3 is 0 Å². The number of carbonyl (C=O) groups is 1. The van der Waals surface area contributed by atoms with Crippen molar-refractivity contribution >= 4 is 11.6 Å². The minimum Gasteiger partial charge on any atom is -0.495 e. The van der Waals surface area contributed by atoms with Crippen molar-refractivity contribution in [2.24, 2.45) is 0 Å². The van der Waals surface area contributed by atoms with Gasteiger partial charge in [-0.2, -0.15) is 0 Å². The molecule has 0 bridgehead atoms. The monoisotopic (exact) mass is 195 g/mol. The summed E-state index contributed by atoms with van der Waals surface area (Å²) in [5.74, 6) is 0.131. The molecule has 0 aromatic heterocycles. The molecule has 1 rings (SSSR count). The number of benzene rings is 1. The fourth-order valence-electron chi connectivity index (χ4n) is 1.11. The van der Waals surface area contributed by atoms with Gasteiger partial charge in [-0.3, -0.25) is 4.79 Å². The Balaban J connectivity index is 2.93. The topological polar surface area (TPSA) is 58.6 Å². The maximum atomic E-state index is 10.9. The number of aliphatic hydroxyl groups is 1. The highest BCUT2D eigenvalue weighted by Crippen LogP contribution is 2.24. The van der Waals surface area contributed by atoms with Crippen LogP contribution in [0.3, 0.4) is 0 Å². The predicted octanol–water partition coefficient (Wildman–Crippen LogP) is 0.934. The van der Waals surface area contributed by atoms with Gasteiger partial charge in [0.1, 0.15) is 12.4 Å². The molecule has 1 aromatic carbocycles. The fourth-order valence-corrected chi connectivity index (χ4v) is 1.11. The number of nitrogens with one attached hydrogen (secondary N) is 1. The summed E-state index contributed by atoms with van der Waals surface area (Å²) >= 11 is 0. The number of ether oxygens (including phenoxy) is 1. The normalized spacial score (nSPS) is 9.64. The third-order valence-electron chi connectivity index (χ3n) is 1.77. The highest BCUT2D eigenvalue weighted by Gasteiger charge is 2.05. The number of anilines is 1. The van der Waals surface area contributed by atoms with Gasteiger partial charge in [-0.15, -0.1) is 0 Å². The van der Waals surface area contributed by atoms with Crippen LogP contribution in [0.4, 0.5) is 5.69 Å². The van der Waals surface area contributed by atoms with Crippen molar-refractivity contribution in [2.75, 3.05) is 19.0 Å². The van der Waals surface area contributed by atoms with E-state index in [0.29, 0.717) is 11.4 Å². The lowest BCUT2D eigenvalue weighted by Crippen LogP contribution is -2.16. The molecular weight excluding hydrogens is 182 g/mol. The number of aryl methyl sites for hydroxylation is 1. The zero-order valence-electron chi connectivity index (χ0n) is 8.20. The van der Waals surface area contributed by atoms with E-state index >= 15 is 0 Å². The van der Waals surface area contributed by atoms with E-state index in [2.05, 4.69) is 5.32 Å². The molecule has 1 aromatic rings. The number of methoxy groups -OCH3 is 1. The molecule has 76 valence electrons. The molecule has 4 nitrogen and oxygen atoms in total. The van der Waals surface area contributed by atoms with Crippen molar-refractivity contribution in [3.8, 4) is 5.75 Å². The zero-order chi connectivity index (χ0) is 10.6. The van der Waals surface area contributed by atoms with Gasteiger partial charge in [0.05, 0.1) is 12.8 Å². The van der Waals surface area contributed by atoms with Crippen LogP contribution in [0.15, 0.2) is 18.2 Å². The minimum absolute atomic E-state index is 0.450. The number of hydrogen-bond donors (Lipinski definition) is 2. The van der Waals surface area contributed by atoms with Gasteiger partial charge in [0, 0.05) is 0 Å². The maximum Gasteiger partial charge on any atom is 0.250 e. The first-order chi connectivity index (χ1) is 6.67. The number of hydrogen-bond acceptors (Lipinski definition) is 3. The quantitative estimate of drug-likeness (QED) is 0.754. The molecule has 0 saturated heterocycles. The standard InChI is InChI=1S/C10H13NO3/c1-7-3-4-9(14-2)8(5-7)11-10(13)6-12/h3-5,12H,6H2,1-2H3,(H,11,13). The molecule has 2 N–H and O–H groups in total. The average Bonchev–Trinajstić information content (AvgIpc) is 2.18. The molecule has 0 spiro atoms. The molecular formula is C10H13NO3. The molecule has 14 heavy (non-hydrogen) atoms. The molecule has 0 aliphatic rings. The molecule has 0 saturated carbocycles. The van der Waals surface area contributed by atoms with Crippen molar-refractivity contribution in [1.29, 1.82) is 0 Å². The van der Waals surface area contributed by atoms with Gasteiger partial charge in [-0.1, -0.05) is 6.07 Å². The Kier molecular flexibility index (Phi) is 3.48. The van der Waals surface area contributed by atoms with Crippen LogP contribution in [0, 0.1) is 6.92 Å². The summed E-state index contributed by atoms with van der Waals surface area (Å²) < 4.78 is 5.05. The first-order valence-electron chi connectivity index (χ1n) is 4.22. The second-order valence-electron chi connectivity index (χ2n) is 2.91. The van der Waals surface area contributed by atoms with Crippen LogP contribution in [0.1, 0.15) is 5.56 Å². The molecule has 0 heterocycles. The van der Waals surface area contributed by atoms with Crippen molar-refractivity contribution in [3.05, 3.63) is 23.8 Å². The lowest BCUT2D eigenvalue weighted by Gasteiger charge is -2.09. The van der Waals surface area contributed by atoms with Gasteiger partial charge in [0.25, 0.3) is 0 Å². The third-order valence-corrected chi connectivity index (χ3v) is 1.77. The summed E-state index contributed by atoms with van der Waals surface area (Å²) in [5.41, 5.74) is 1.59. The average molecular weight is 195 g/mol. The Labute approximate surface area is 82.5 Å². The van der Waals surface area contributed by atoms with Crippen molar-refractivity contribution < 1.29 is 14.6 Å². The van der Waals surface area contributed by atoms with Crippen LogP contribution in [0.25, 0.3) is 0 Å². The summed E-state index contributed by atoms with van der Waals surface area (Å²) in [4.78, 5) is 10.9. The highest BCUT2D eigenvalue weighted by atomic mass is 16.5. The molecule has 0 radical (unpaired) electrons. The highest BCUT2D eigenvalue weighted by molar-refractivity contribution is 5.93. The molecule has 0 aliphatic carbocycles. The van der Waals surface area contributed by atoms with E-state index in [1.54, 1.807) is 12.1 Å². The van der Waals surface area contributed by atoms with E-state index in [-0.39, 0.29) is 0 Å². The summed E-state index contributed by atoms with van der Waals surface area (Å²) in [7, 11) is 1.53. The fraction of sp³-hybridized carbons (Fsp3) is 0.300. The molecule has 0 unspecified atom stereocenters. The second-order valence-corrected chi connectivity index (χ2v) is 2.91. The number of carbonyl (C=O) groups excluding carboxylic acids is 1. The van der Waals surface area contributed by atoms with E-state index in [1.165, 1.54) is 7.11 Å². The maximum absolute atomic E-state index is 10.9. The van der Waals surface area contributed by atoms with E-state index < -0.39 is 12.5 Å². The first-order valence-corrected chi connectivity index (χ1v) is 4.22. The number of aliphatic hydroxyl groups excluding tert-OH is 1. The predicted molar refractivity (Wildman–Crippen MR) is 53.4 cm³/mol. The summed E-state index contributed by atoms with van der Waals surface area (Å²) in [6.45, 7) is 1.38. The summed E-state index contributed by atoms with van der Waals surface area (Å²) in [6.07, 6.45) is 0.